The molecule has 2 rings (SSSR count). The fourth-order valence-corrected chi connectivity index (χ4v) is 2.40. The van der Waals surface area contributed by atoms with Crippen LogP contribution in [0.25, 0.3) is 0 Å². The van der Waals surface area contributed by atoms with Gasteiger partial charge in [0.05, 0.1) is 6.61 Å². The normalized spacial score (nSPS) is 13.5. The van der Waals surface area contributed by atoms with E-state index in [4.69, 9.17) is 4.74 Å². The van der Waals surface area contributed by atoms with E-state index in [0.717, 1.165) is 35.2 Å². The van der Waals surface area contributed by atoms with Gasteiger partial charge >= 0.3 is 0 Å². The van der Waals surface area contributed by atoms with Gasteiger partial charge in [-0.05, 0) is 36.6 Å². The molecule has 2 nitrogen and oxygen atoms in total. The van der Waals surface area contributed by atoms with E-state index in [-0.39, 0.29) is 5.78 Å². The fourth-order valence-electron chi connectivity index (χ4n) is 1.84. The van der Waals surface area contributed by atoms with Gasteiger partial charge in [-0.15, -0.1) is 0 Å². The third-order valence-corrected chi connectivity index (χ3v) is 3.03. The largest absolute Gasteiger partial charge is 0.493 e. The second-order valence-corrected chi connectivity index (χ2v) is 4.77. The Hall–Kier alpha value is -0.830. The first-order valence-electron chi connectivity index (χ1n) is 5.10. The summed E-state index contributed by atoms with van der Waals surface area (Å²) >= 11 is 3.48. The molecule has 0 saturated carbocycles. The molecule has 1 aliphatic rings. The van der Waals surface area contributed by atoms with E-state index in [2.05, 4.69) is 22.0 Å². The summed E-state index contributed by atoms with van der Waals surface area (Å²) in [4.78, 5) is 10.9. The molecule has 1 aromatic rings. The summed E-state index contributed by atoms with van der Waals surface area (Å²) < 4.78 is 6.66. The Labute approximate surface area is 97.8 Å². The number of halogens is 1. The first kappa shape index (κ1) is 10.7. The number of rotatable bonds is 3. The molecule has 1 aliphatic heterocycles. The predicted molar refractivity (Wildman–Crippen MR) is 62.3 cm³/mol. The number of ether oxygens (including phenoxy) is 1. The van der Waals surface area contributed by atoms with Crippen LogP contribution < -0.4 is 4.74 Å². The monoisotopic (exact) mass is 268 g/mol. The number of hydrogen-bond donors (Lipinski definition) is 0. The minimum absolute atomic E-state index is 0.224. The molecule has 0 fully saturated rings. The zero-order valence-electron chi connectivity index (χ0n) is 8.68. The van der Waals surface area contributed by atoms with Gasteiger partial charge in [0.2, 0.25) is 0 Å². The standard InChI is InChI=1S/C12H13BrO2/c1-8(14)2-3-9-6-11(13)7-10-4-5-15-12(9)10/h6-7H,2-5H2,1H3. The number of benzene rings is 1. The van der Waals surface area contributed by atoms with E-state index >= 15 is 0 Å². The molecule has 1 aromatic carbocycles. The molecule has 0 aliphatic carbocycles. The number of fused-ring (bicyclic) bond motifs is 1. The number of aryl methyl sites for hydroxylation is 1. The number of carbonyl (C=O) groups is 1. The Bertz CT molecular complexity index is 399. The third kappa shape index (κ3) is 2.40. The van der Waals surface area contributed by atoms with Gasteiger partial charge in [-0.2, -0.15) is 0 Å². The SMILES string of the molecule is CC(=O)CCc1cc(Br)cc2c1OCC2. The molecule has 0 radical (unpaired) electrons. The summed E-state index contributed by atoms with van der Waals surface area (Å²) in [5.41, 5.74) is 2.40. The van der Waals surface area contributed by atoms with Gasteiger partial charge in [-0.25, -0.2) is 0 Å². The zero-order valence-corrected chi connectivity index (χ0v) is 10.3. The van der Waals surface area contributed by atoms with Gasteiger partial charge in [-0.3, -0.25) is 0 Å². The zero-order chi connectivity index (χ0) is 10.8. The lowest BCUT2D eigenvalue weighted by Crippen LogP contribution is -1.97. The predicted octanol–water partition coefficient (Wildman–Crippen LogP) is 2.91. The second kappa shape index (κ2) is 4.35. The smallest absolute Gasteiger partial charge is 0.130 e. The van der Waals surface area contributed by atoms with Gasteiger partial charge in [0, 0.05) is 17.3 Å². The van der Waals surface area contributed by atoms with Crippen LogP contribution in [0.3, 0.4) is 0 Å². The van der Waals surface area contributed by atoms with Crippen molar-refractivity contribution in [1.29, 1.82) is 0 Å². The van der Waals surface area contributed by atoms with Crippen LogP contribution in [0.2, 0.25) is 0 Å². The molecular weight excluding hydrogens is 256 g/mol. The van der Waals surface area contributed by atoms with Crippen molar-refractivity contribution < 1.29 is 9.53 Å². The van der Waals surface area contributed by atoms with Crippen molar-refractivity contribution in [3.63, 3.8) is 0 Å². The molecule has 0 amide bonds. The topological polar surface area (TPSA) is 26.3 Å². The van der Waals surface area contributed by atoms with Crippen molar-refractivity contribution in [2.45, 2.75) is 26.2 Å². The summed E-state index contributed by atoms with van der Waals surface area (Å²) in [7, 11) is 0. The van der Waals surface area contributed by atoms with Crippen LogP contribution in [0.4, 0.5) is 0 Å². The molecule has 0 saturated heterocycles. The van der Waals surface area contributed by atoms with E-state index in [1.54, 1.807) is 6.92 Å². The lowest BCUT2D eigenvalue weighted by molar-refractivity contribution is -0.116. The van der Waals surface area contributed by atoms with Crippen LogP contribution in [0.1, 0.15) is 24.5 Å². The minimum atomic E-state index is 0.224. The van der Waals surface area contributed by atoms with Crippen molar-refractivity contribution in [1.82, 2.24) is 0 Å². The summed E-state index contributed by atoms with van der Waals surface area (Å²) in [6.07, 6.45) is 2.34. The highest BCUT2D eigenvalue weighted by Gasteiger charge is 2.17. The van der Waals surface area contributed by atoms with Gasteiger partial charge in [0.1, 0.15) is 11.5 Å². The van der Waals surface area contributed by atoms with E-state index in [1.165, 1.54) is 5.56 Å². The summed E-state index contributed by atoms with van der Waals surface area (Å²) in [6.45, 7) is 2.39. The number of hydrogen-bond acceptors (Lipinski definition) is 2. The van der Waals surface area contributed by atoms with E-state index in [1.807, 2.05) is 6.07 Å². The van der Waals surface area contributed by atoms with Crippen LogP contribution in [0.5, 0.6) is 5.75 Å². The van der Waals surface area contributed by atoms with Crippen molar-refractivity contribution in [2.75, 3.05) is 6.61 Å². The number of carbonyl (C=O) groups excluding carboxylic acids is 1. The quantitative estimate of drug-likeness (QED) is 0.843. The molecule has 15 heavy (non-hydrogen) atoms. The summed E-state index contributed by atoms with van der Waals surface area (Å²) in [5.74, 6) is 1.22. The van der Waals surface area contributed by atoms with E-state index < -0.39 is 0 Å². The van der Waals surface area contributed by atoms with E-state index in [0.29, 0.717) is 6.42 Å². The molecule has 0 spiro atoms. The van der Waals surface area contributed by atoms with Crippen molar-refractivity contribution in [2.24, 2.45) is 0 Å². The molecule has 0 atom stereocenters. The van der Waals surface area contributed by atoms with Gasteiger partial charge in [0.15, 0.2) is 0 Å². The summed E-state index contributed by atoms with van der Waals surface area (Å²) in [6, 6.07) is 4.15. The van der Waals surface area contributed by atoms with Crippen molar-refractivity contribution in [3.05, 3.63) is 27.7 Å². The molecule has 3 heteroatoms. The second-order valence-electron chi connectivity index (χ2n) is 3.85. The molecule has 0 bridgehead atoms. The average molecular weight is 269 g/mol. The Balaban J connectivity index is 2.26. The summed E-state index contributed by atoms with van der Waals surface area (Å²) in [5, 5.41) is 0. The number of Topliss-reactive ketones (excluding diaryl/α,β-unsaturated/α-hetero) is 1. The molecule has 0 N–H and O–H groups in total. The van der Waals surface area contributed by atoms with Crippen molar-refractivity contribution in [3.8, 4) is 5.75 Å². The highest BCUT2D eigenvalue weighted by Crippen LogP contribution is 2.33. The first-order chi connectivity index (χ1) is 7.16. The molecule has 80 valence electrons. The fraction of sp³-hybridized carbons (Fsp3) is 0.417. The first-order valence-corrected chi connectivity index (χ1v) is 5.89. The van der Waals surface area contributed by atoms with Gasteiger partial charge in [-0.1, -0.05) is 15.9 Å². The van der Waals surface area contributed by atoms with Gasteiger partial charge < -0.3 is 9.53 Å². The number of ketones is 1. The van der Waals surface area contributed by atoms with Crippen LogP contribution in [-0.4, -0.2) is 12.4 Å². The van der Waals surface area contributed by atoms with Crippen LogP contribution in [0, 0.1) is 0 Å². The molecule has 0 unspecified atom stereocenters. The molecular formula is C12H13BrO2. The van der Waals surface area contributed by atoms with Crippen LogP contribution >= 0.6 is 15.9 Å². The Morgan fingerprint density at radius 1 is 1.53 bits per heavy atom. The molecule has 1 heterocycles. The Morgan fingerprint density at radius 3 is 3.07 bits per heavy atom. The minimum Gasteiger partial charge on any atom is -0.493 e. The Morgan fingerprint density at radius 2 is 2.33 bits per heavy atom. The van der Waals surface area contributed by atoms with Crippen LogP contribution in [0.15, 0.2) is 16.6 Å². The maximum absolute atomic E-state index is 10.9. The van der Waals surface area contributed by atoms with Crippen LogP contribution in [-0.2, 0) is 17.6 Å². The highest BCUT2D eigenvalue weighted by molar-refractivity contribution is 9.10. The highest BCUT2D eigenvalue weighted by atomic mass is 79.9. The van der Waals surface area contributed by atoms with Crippen molar-refractivity contribution >= 4 is 21.7 Å². The molecule has 0 aromatic heterocycles. The third-order valence-electron chi connectivity index (χ3n) is 2.57. The van der Waals surface area contributed by atoms with E-state index in [9.17, 15) is 4.79 Å². The van der Waals surface area contributed by atoms with Gasteiger partial charge in [0.25, 0.3) is 0 Å². The lowest BCUT2D eigenvalue weighted by Gasteiger charge is -2.07. The maximum atomic E-state index is 10.9. The average Bonchev–Trinajstić information content (AvgIpc) is 2.61. The Kier molecular flexibility index (Phi) is 3.10. The lowest BCUT2D eigenvalue weighted by atomic mass is 10.0. The maximum Gasteiger partial charge on any atom is 0.130 e.